The van der Waals surface area contributed by atoms with Gasteiger partial charge in [-0.3, -0.25) is 9.69 Å². The number of ether oxygens (including phenoxy) is 1. The molecule has 5 heteroatoms. The number of rotatable bonds is 4. The Morgan fingerprint density at radius 2 is 1.96 bits per heavy atom. The first-order chi connectivity index (χ1) is 12.1. The van der Waals surface area contributed by atoms with Crippen LogP contribution in [0.25, 0.3) is 0 Å². The Balaban J connectivity index is 1.75. The summed E-state index contributed by atoms with van der Waals surface area (Å²) in [5.41, 5.74) is 2.80. The molecule has 132 valence electrons. The number of hydrogen-bond acceptors (Lipinski definition) is 3. The average molecular weight is 359 g/mol. The van der Waals surface area contributed by atoms with Crippen LogP contribution in [0.15, 0.2) is 48.5 Å². The number of benzene rings is 2. The van der Waals surface area contributed by atoms with Gasteiger partial charge in [-0.25, -0.2) is 0 Å². The smallest absolute Gasteiger partial charge is 0.238 e. The largest absolute Gasteiger partial charge is 0.378 e. The van der Waals surface area contributed by atoms with Crippen LogP contribution < -0.4 is 5.32 Å². The van der Waals surface area contributed by atoms with Crippen molar-refractivity contribution in [3.05, 3.63) is 64.7 Å². The fourth-order valence-corrected chi connectivity index (χ4v) is 3.48. The molecule has 0 saturated carbocycles. The number of hydrogen-bond donors (Lipinski definition) is 1. The molecule has 1 N–H and O–H groups in total. The third kappa shape index (κ3) is 4.21. The van der Waals surface area contributed by atoms with E-state index < -0.39 is 0 Å². The standard InChI is InChI=1S/C20H23ClN2O2/c1-14-7-6-10-17(21)20(14)22-19(24)11-23-15(2)12-25-13-18(23)16-8-4-3-5-9-16/h3-10,15,18H,11-13H2,1-2H3,(H,22,24)/t15-,18-/m0/s1. The number of para-hydroxylation sites is 1. The Labute approximate surface area is 153 Å². The van der Waals surface area contributed by atoms with E-state index in [4.69, 9.17) is 16.3 Å². The summed E-state index contributed by atoms with van der Waals surface area (Å²) in [5.74, 6) is -0.0640. The van der Waals surface area contributed by atoms with Crippen molar-refractivity contribution in [2.45, 2.75) is 25.9 Å². The van der Waals surface area contributed by atoms with Gasteiger partial charge in [0.2, 0.25) is 5.91 Å². The topological polar surface area (TPSA) is 41.6 Å². The summed E-state index contributed by atoms with van der Waals surface area (Å²) in [5, 5.41) is 3.52. The van der Waals surface area contributed by atoms with Crippen molar-refractivity contribution in [3.8, 4) is 0 Å². The number of carbonyl (C=O) groups excluding carboxylic acids is 1. The molecule has 1 saturated heterocycles. The van der Waals surface area contributed by atoms with E-state index in [-0.39, 0.29) is 18.0 Å². The Kier molecular flexibility index (Phi) is 5.74. The highest BCUT2D eigenvalue weighted by Crippen LogP contribution is 2.28. The van der Waals surface area contributed by atoms with Crippen LogP contribution >= 0.6 is 11.6 Å². The normalized spacial score (nSPS) is 21.1. The van der Waals surface area contributed by atoms with Crippen molar-refractivity contribution >= 4 is 23.2 Å². The van der Waals surface area contributed by atoms with Gasteiger partial charge in [0.05, 0.1) is 36.5 Å². The van der Waals surface area contributed by atoms with E-state index >= 15 is 0 Å². The van der Waals surface area contributed by atoms with Gasteiger partial charge in [0.1, 0.15) is 0 Å². The van der Waals surface area contributed by atoms with Crippen LogP contribution in [0.4, 0.5) is 5.69 Å². The number of carbonyl (C=O) groups is 1. The lowest BCUT2D eigenvalue weighted by Gasteiger charge is -2.40. The molecular weight excluding hydrogens is 336 g/mol. The minimum Gasteiger partial charge on any atom is -0.378 e. The zero-order valence-electron chi connectivity index (χ0n) is 14.5. The number of morpholine rings is 1. The second-order valence-electron chi connectivity index (χ2n) is 6.47. The van der Waals surface area contributed by atoms with E-state index in [0.29, 0.717) is 30.5 Å². The summed E-state index contributed by atoms with van der Waals surface area (Å²) in [4.78, 5) is 14.9. The highest BCUT2D eigenvalue weighted by molar-refractivity contribution is 6.33. The summed E-state index contributed by atoms with van der Waals surface area (Å²) in [7, 11) is 0. The van der Waals surface area contributed by atoms with Crippen molar-refractivity contribution in [3.63, 3.8) is 0 Å². The van der Waals surface area contributed by atoms with Gasteiger partial charge in [0.25, 0.3) is 0 Å². The summed E-state index contributed by atoms with van der Waals surface area (Å²) in [6.07, 6.45) is 0. The van der Waals surface area contributed by atoms with Crippen LogP contribution in [0, 0.1) is 6.92 Å². The maximum Gasteiger partial charge on any atom is 0.238 e. The minimum atomic E-state index is -0.0640. The molecule has 0 radical (unpaired) electrons. The molecule has 0 aromatic heterocycles. The molecule has 1 fully saturated rings. The first kappa shape index (κ1) is 17.9. The van der Waals surface area contributed by atoms with Crippen LogP contribution in [0.2, 0.25) is 5.02 Å². The van der Waals surface area contributed by atoms with Gasteiger partial charge in [-0.1, -0.05) is 54.1 Å². The second kappa shape index (κ2) is 8.00. The monoisotopic (exact) mass is 358 g/mol. The number of nitrogens with one attached hydrogen (secondary N) is 1. The van der Waals surface area contributed by atoms with Gasteiger partial charge in [-0.2, -0.15) is 0 Å². The van der Waals surface area contributed by atoms with Crippen LogP contribution in [0.3, 0.4) is 0 Å². The van der Waals surface area contributed by atoms with E-state index in [1.165, 1.54) is 0 Å². The quantitative estimate of drug-likeness (QED) is 0.896. The van der Waals surface area contributed by atoms with Crippen molar-refractivity contribution in [2.75, 3.05) is 25.1 Å². The number of anilines is 1. The van der Waals surface area contributed by atoms with E-state index in [1.807, 2.05) is 37.3 Å². The van der Waals surface area contributed by atoms with E-state index in [0.717, 1.165) is 11.1 Å². The minimum absolute atomic E-state index is 0.0640. The van der Waals surface area contributed by atoms with Gasteiger partial charge >= 0.3 is 0 Å². The third-order valence-corrected chi connectivity index (χ3v) is 4.91. The Hall–Kier alpha value is -1.88. The molecule has 2 aromatic rings. The van der Waals surface area contributed by atoms with Gasteiger partial charge in [-0.05, 0) is 31.0 Å². The predicted molar refractivity (Wildman–Crippen MR) is 101 cm³/mol. The molecule has 1 heterocycles. The molecule has 1 aliphatic rings. The fourth-order valence-electron chi connectivity index (χ4n) is 3.21. The van der Waals surface area contributed by atoms with E-state index in [1.54, 1.807) is 6.07 Å². The van der Waals surface area contributed by atoms with Crippen LogP contribution in [0.1, 0.15) is 24.1 Å². The molecule has 1 aliphatic heterocycles. The van der Waals surface area contributed by atoms with Gasteiger partial charge < -0.3 is 10.1 Å². The molecule has 25 heavy (non-hydrogen) atoms. The van der Waals surface area contributed by atoms with Gasteiger partial charge in [0.15, 0.2) is 0 Å². The van der Waals surface area contributed by atoms with Gasteiger partial charge in [-0.15, -0.1) is 0 Å². The van der Waals surface area contributed by atoms with Crippen molar-refractivity contribution in [2.24, 2.45) is 0 Å². The zero-order chi connectivity index (χ0) is 17.8. The zero-order valence-corrected chi connectivity index (χ0v) is 15.3. The lowest BCUT2D eigenvalue weighted by Crippen LogP contribution is -2.49. The first-order valence-corrected chi connectivity index (χ1v) is 8.87. The second-order valence-corrected chi connectivity index (χ2v) is 6.87. The number of halogens is 1. The maximum absolute atomic E-state index is 12.7. The Bertz CT molecular complexity index is 715. The van der Waals surface area contributed by atoms with Crippen molar-refractivity contribution in [1.82, 2.24) is 4.90 Å². The fraction of sp³-hybridized carbons (Fsp3) is 0.350. The Morgan fingerprint density at radius 1 is 1.20 bits per heavy atom. The number of aryl methyl sites for hydroxylation is 1. The van der Waals surface area contributed by atoms with Crippen molar-refractivity contribution < 1.29 is 9.53 Å². The van der Waals surface area contributed by atoms with E-state index in [9.17, 15) is 4.79 Å². The summed E-state index contributed by atoms with van der Waals surface area (Å²) < 4.78 is 5.72. The molecule has 2 atom stereocenters. The number of amides is 1. The molecule has 2 aromatic carbocycles. The molecule has 0 spiro atoms. The predicted octanol–water partition coefficient (Wildman–Crippen LogP) is 4.05. The first-order valence-electron chi connectivity index (χ1n) is 8.49. The molecular formula is C20H23ClN2O2. The highest BCUT2D eigenvalue weighted by Gasteiger charge is 2.31. The average Bonchev–Trinajstić information content (AvgIpc) is 2.61. The van der Waals surface area contributed by atoms with Crippen LogP contribution in [-0.2, 0) is 9.53 Å². The maximum atomic E-state index is 12.7. The van der Waals surface area contributed by atoms with Crippen LogP contribution in [-0.4, -0.2) is 36.6 Å². The summed E-state index contributed by atoms with van der Waals surface area (Å²) >= 11 is 6.22. The third-order valence-electron chi connectivity index (χ3n) is 4.60. The molecule has 0 unspecified atom stereocenters. The van der Waals surface area contributed by atoms with Crippen molar-refractivity contribution in [1.29, 1.82) is 0 Å². The highest BCUT2D eigenvalue weighted by atomic mass is 35.5. The SMILES string of the molecule is Cc1cccc(Cl)c1NC(=O)CN1[C@@H](C)COC[C@H]1c1ccccc1. The molecule has 0 bridgehead atoms. The summed E-state index contributed by atoms with van der Waals surface area (Å²) in [6.45, 7) is 5.54. The summed E-state index contributed by atoms with van der Waals surface area (Å²) in [6, 6.07) is 16.0. The lowest BCUT2D eigenvalue weighted by molar-refractivity contribution is -0.121. The molecule has 4 nitrogen and oxygen atoms in total. The van der Waals surface area contributed by atoms with Crippen LogP contribution in [0.5, 0.6) is 0 Å². The van der Waals surface area contributed by atoms with E-state index in [2.05, 4.69) is 29.3 Å². The molecule has 1 amide bonds. The lowest BCUT2D eigenvalue weighted by atomic mass is 10.0. The van der Waals surface area contributed by atoms with Gasteiger partial charge in [0, 0.05) is 6.04 Å². The molecule has 0 aliphatic carbocycles. The Morgan fingerprint density at radius 3 is 2.68 bits per heavy atom. The number of nitrogens with zero attached hydrogens (tertiary/aromatic N) is 1. The molecule has 3 rings (SSSR count).